The Bertz CT molecular complexity index is 932. The average Bonchev–Trinajstić information content (AvgIpc) is 3.21. The van der Waals surface area contributed by atoms with Crippen LogP contribution in [0.15, 0.2) is 42.9 Å². The molecule has 26 heavy (non-hydrogen) atoms. The van der Waals surface area contributed by atoms with E-state index in [1.165, 1.54) is 11.0 Å². The molecule has 2 aromatic heterocycles. The Hall–Kier alpha value is -3.56. The van der Waals surface area contributed by atoms with Crippen LogP contribution < -0.4 is 5.32 Å². The van der Waals surface area contributed by atoms with Crippen molar-refractivity contribution >= 4 is 17.5 Å². The minimum absolute atomic E-state index is 0.130. The molecule has 1 unspecified atom stereocenters. The summed E-state index contributed by atoms with van der Waals surface area (Å²) in [6, 6.07) is 8.99. The lowest BCUT2D eigenvalue weighted by molar-refractivity contribution is -0.385. The van der Waals surface area contributed by atoms with Crippen LogP contribution in [0.4, 0.5) is 11.6 Å². The Labute approximate surface area is 148 Å². The fraction of sp³-hybridized carbons (Fsp3) is 0.250. The first-order chi connectivity index (χ1) is 12.5. The summed E-state index contributed by atoms with van der Waals surface area (Å²) in [5.41, 5.74) is 1.23. The number of hydrogen-bond donors (Lipinski definition) is 1. The summed E-state index contributed by atoms with van der Waals surface area (Å²) in [5.74, 6) is -0.249. The number of rotatable bonds is 6. The highest BCUT2D eigenvalue weighted by atomic mass is 16.6. The van der Waals surface area contributed by atoms with Gasteiger partial charge in [-0.1, -0.05) is 30.3 Å². The summed E-state index contributed by atoms with van der Waals surface area (Å²) >= 11 is 0. The first kappa shape index (κ1) is 17.3. The number of benzene rings is 1. The summed E-state index contributed by atoms with van der Waals surface area (Å²) in [5, 5.41) is 21.6. The molecule has 10 nitrogen and oxygen atoms in total. The van der Waals surface area contributed by atoms with Crippen LogP contribution in [-0.4, -0.2) is 35.4 Å². The van der Waals surface area contributed by atoms with Crippen LogP contribution in [0.5, 0.6) is 0 Å². The highest BCUT2D eigenvalue weighted by Gasteiger charge is 2.24. The van der Waals surface area contributed by atoms with Crippen LogP contribution >= 0.6 is 0 Å². The zero-order chi connectivity index (χ0) is 18.7. The van der Waals surface area contributed by atoms with Gasteiger partial charge in [0.25, 0.3) is 5.91 Å². The Balaban J connectivity index is 1.67. The van der Waals surface area contributed by atoms with Gasteiger partial charge in [-0.25, -0.2) is 9.67 Å². The maximum atomic E-state index is 12.4. The second-order valence-electron chi connectivity index (χ2n) is 5.73. The van der Waals surface area contributed by atoms with Crippen molar-refractivity contribution in [3.63, 3.8) is 0 Å². The first-order valence-corrected chi connectivity index (χ1v) is 7.88. The monoisotopic (exact) mass is 355 g/mol. The van der Waals surface area contributed by atoms with E-state index in [0.717, 1.165) is 11.8 Å². The zero-order valence-corrected chi connectivity index (χ0v) is 14.2. The molecule has 0 saturated carbocycles. The molecule has 0 spiro atoms. The van der Waals surface area contributed by atoms with Crippen molar-refractivity contribution < 1.29 is 9.72 Å². The molecule has 1 amide bonds. The van der Waals surface area contributed by atoms with Crippen LogP contribution in [-0.2, 0) is 11.3 Å². The van der Waals surface area contributed by atoms with Crippen molar-refractivity contribution in [2.45, 2.75) is 26.4 Å². The highest BCUT2D eigenvalue weighted by Crippen LogP contribution is 2.20. The van der Waals surface area contributed by atoms with Crippen LogP contribution in [0, 0.1) is 17.0 Å². The predicted molar refractivity (Wildman–Crippen MR) is 92.5 cm³/mol. The van der Waals surface area contributed by atoms with Gasteiger partial charge in [0.15, 0.2) is 0 Å². The van der Waals surface area contributed by atoms with Gasteiger partial charge < -0.3 is 0 Å². The lowest BCUT2D eigenvalue weighted by Gasteiger charge is -2.12. The van der Waals surface area contributed by atoms with E-state index >= 15 is 0 Å². The van der Waals surface area contributed by atoms with Gasteiger partial charge in [0.2, 0.25) is 5.95 Å². The molecule has 10 heteroatoms. The van der Waals surface area contributed by atoms with Gasteiger partial charge in [0.05, 0.1) is 11.5 Å². The fourth-order valence-electron chi connectivity index (χ4n) is 2.51. The third-order valence-corrected chi connectivity index (χ3v) is 3.92. The molecule has 0 aliphatic rings. The number of nitrogens with zero attached hydrogens (tertiary/aromatic N) is 6. The number of carbonyl (C=O) groups is 1. The maximum Gasteiger partial charge on any atom is 0.309 e. The van der Waals surface area contributed by atoms with Crippen LogP contribution in [0.1, 0.15) is 24.2 Å². The summed E-state index contributed by atoms with van der Waals surface area (Å²) in [6.07, 6.45) is 2.66. The van der Waals surface area contributed by atoms with E-state index in [0.29, 0.717) is 12.2 Å². The topological polar surface area (TPSA) is 121 Å². The molecule has 1 N–H and O–H groups in total. The summed E-state index contributed by atoms with van der Waals surface area (Å²) in [4.78, 5) is 26.8. The normalized spacial score (nSPS) is 11.9. The van der Waals surface area contributed by atoms with Gasteiger partial charge >= 0.3 is 5.69 Å². The van der Waals surface area contributed by atoms with Crippen LogP contribution in [0.2, 0.25) is 0 Å². The SMILES string of the molecule is Cc1c([N+](=O)[O-])cnn1C(C)C(=O)Nc1ncn(Cc2ccccc2)n1. The van der Waals surface area contributed by atoms with E-state index < -0.39 is 16.9 Å². The van der Waals surface area contributed by atoms with Crippen LogP contribution in [0.3, 0.4) is 0 Å². The standard InChI is InChI=1S/C16H17N7O3/c1-11-14(23(25)26)8-18-22(11)12(2)15(24)19-16-17-10-21(20-16)9-13-6-4-3-5-7-13/h3-8,10,12H,9H2,1-2H3,(H,19,20,24). The summed E-state index contributed by atoms with van der Waals surface area (Å²) in [6.45, 7) is 3.67. The van der Waals surface area contributed by atoms with Crippen molar-refractivity contribution in [2.75, 3.05) is 5.32 Å². The molecule has 3 rings (SSSR count). The third kappa shape index (κ3) is 3.58. The quantitative estimate of drug-likeness (QED) is 0.533. The van der Waals surface area contributed by atoms with Crippen molar-refractivity contribution in [1.82, 2.24) is 24.5 Å². The lowest BCUT2D eigenvalue weighted by Crippen LogP contribution is -2.25. The largest absolute Gasteiger partial charge is 0.309 e. The minimum atomic E-state index is -0.746. The van der Waals surface area contributed by atoms with Gasteiger partial charge in [0, 0.05) is 0 Å². The van der Waals surface area contributed by atoms with Gasteiger partial charge in [-0.15, -0.1) is 5.10 Å². The molecule has 0 saturated heterocycles. The first-order valence-electron chi connectivity index (χ1n) is 7.88. The van der Waals surface area contributed by atoms with E-state index in [1.54, 1.807) is 18.5 Å². The molecule has 0 aliphatic heterocycles. The molecule has 0 aliphatic carbocycles. The Morgan fingerprint density at radius 3 is 2.73 bits per heavy atom. The molecule has 134 valence electrons. The molecule has 0 fully saturated rings. The minimum Gasteiger partial charge on any atom is -0.291 e. The maximum absolute atomic E-state index is 12.4. The van der Waals surface area contributed by atoms with Crippen molar-refractivity contribution in [3.8, 4) is 0 Å². The Kier molecular flexibility index (Phi) is 4.74. The number of nitro groups is 1. The van der Waals surface area contributed by atoms with Crippen molar-refractivity contribution in [3.05, 3.63) is 64.2 Å². The molecule has 3 aromatic rings. The van der Waals surface area contributed by atoms with E-state index in [9.17, 15) is 14.9 Å². The summed E-state index contributed by atoms with van der Waals surface area (Å²) < 4.78 is 2.91. The van der Waals surface area contributed by atoms with Gasteiger partial charge in [-0.2, -0.15) is 5.10 Å². The number of amides is 1. The number of nitrogens with one attached hydrogen (secondary N) is 1. The smallest absolute Gasteiger partial charge is 0.291 e. The average molecular weight is 355 g/mol. The van der Waals surface area contributed by atoms with Gasteiger partial charge in [-0.05, 0) is 19.4 Å². The summed E-state index contributed by atoms with van der Waals surface area (Å²) in [7, 11) is 0. The second kappa shape index (κ2) is 7.13. The van der Waals surface area contributed by atoms with Crippen molar-refractivity contribution in [1.29, 1.82) is 0 Å². The molecule has 0 radical (unpaired) electrons. The molecule has 1 atom stereocenters. The zero-order valence-electron chi connectivity index (χ0n) is 14.2. The third-order valence-electron chi connectivity index (χ3n) is 3.92. The molecule has 0 bridgehead atoms. The number of hydrogen-bond acceptors (Lipinski definition) is 6. The van der Waals surface area contributed by atoms with Gasteiger partial charge in [0.1, 0.15) is 24.3 Å². The predicted octanol–water partition coefficient (Wildman–Crippen LogP) is 1.94. The molecular weight excluding hydrogens is 338 g/mol. The van der Waals surface area contributed by atoms with E-state index in [-0.39, 0.29) is 11.6 Å². The number of carbonyl (C=O) groups excluding carboxylic acids is 1. The Morgan fingerprint density at radius 1 is 1.35 bits per heavy atom. The second-order valence-corrected chi connectivity index (χ2v) is 5.73. The lowest BCUT2D eigenvalue weighted by atomic mass is 10.2. The van der Waals surface area contributed by atoms with Crippen molar-refractivity contribution in [2.24, 2.45) is 0 Å². The van der Waals surface area contributed by atoms with Gasteiger partial charge in [-0.3, -0.25) is 24.9 Å². The Morgan fingerprint density at radius 2 is 2.08 bits per heavy atom. The molecular formula is C16H17N7O3. The molecule has 1 aromatic carbocycles. The highest BCUT2D eigenvalue weighted by molar-refractivity contribution is 5.91. The van der Waals surface area contributed by atoms with E-state index in [1.807, 2.05) is 30.3 Å². The number of anilines is 1. The van der Waals surface area contributed by atoms with Crippen LogP contribution in [0.25, 0.3) is 0 Å². The number of aromatic nitrogens is 5. The van der Waals surface area contributed by atoms with E-state index in [2.05, 4.69) is 20.5 Å². The van der Waals surface area contributed by atoms with E-state index in [4.69, 9.17) is 0 Å². The molecule has 2 heterocycles. The fourth-order valence-corrected chi connectivity index (χ4v) is 2.51.